The average Bonchev–Trinajstić information content (AvgIpc) is 2.91. The predicted molar refractivity (Wildman–Crippen MR) is 56.2 cm³/mol. The van der Waals surface area contributed by atoms with Crippen LogP contribution in [0.15, 0.2) is 6.07 Å². The maximum Gasteiger partial charge on any atom is 0.190 e. The Bertz CT molecular complexity index is 355. The van der Waals surface area contributed by atoms with Crippen LogP contribution in [0.1, 0.15) is 33.3 Å². The topological polar surface area (TPSA) is 49.3 Å². The zero-order valence-electron chi connectivity index (χ0n) is 8.04. The molecule has 0 aliphatic heterocycles. The molecule has 1 heterocycles. The van der Waals surface area contributed by atoms with Crippen LogP contribution < -0.4 is 5.32 Å². The minimum absolute atomic E-state index is 0.0260. The smallest absolute Gasteiger partial charge is 0.190 e. The summed E-state index contributed by atoms with van der Waals surface area (Å²) in [5, 5.41) is 12.4. The standard InChI is InChI=1S/C10H13NO2S/c1-11-5-8(13)10-7(12)4-9(14-10)6-2-3-6/h4,6,11-12H,2-3,5H2,1H3. The van der Waals surface area contributed by atoms with Crippen LogP contribution in [0, 0.1) is 0 Å². The number of rotatable bonds is 4. The fourth-order valence-electron chi connectivity index (χ4n) is 1.41. The lowest BCUT2D eigenvalue weighted by molar-refractivity contribution is 0.0995. The lowest BCUT2D eigenvalue weighted by atomic mass is 10.2. The molecule has 0 amide bonds. The van der Waals surface area contributed by atoms with Crippen molar-refractivity contribution in [3.05, 3.63) is 15.8 Å². The van der Waals surface area contributed by atoms with Crippen molar-refractivity contribution in [3.63, 3.8) is 0 Å². The van der Waals surface area contributed by atoms with Gasteiger partial charge in [-0.15, -0.1) is 11.3 Å². The van der Waals surface area contributed by atoms with Gasteiger partial charge in [-0.25, -0.2) is 0 Å². The maximum absolute atomic E-state index is 11.5. The summed E-state index contributed by atoms with van der Waals surface area (Å²) in [6, 6.07) is 1.74. The largest absolute Gasteiger partial charge is 0.506 e. The molecule has 3 nitrogen and oxygen atoms in total. The van der Waals surface area contributed by atoms with Crippen LogP contribution in [0.5, 0.6) is 5.75 Å². The molecule has 1 saturated carbocycles. The van der Waals surface area contributed by atoms with Crippen molar-refractivity contribution >= 4 is 17.1 Å². The molecule has 2 rings (SSSR count). The molecule has 0 spiro atoms. The van der Waals surface area contributed by atoms with Crippen LogP contribution in [0.2, 0.25) is 0 Å². The molecule has 0 saturated heterocycles. The number of ketones is 1. The number of hydrogen-bond donors (Lipinski definition) is 2. The molecule has 0 radical (unpaired) electrons. The SMILES string of the molecule is CNCC(=O)c1sc(C2CC2)cc1O. The van der Waals surface area contributed by atoms with E-state index in [9.17, 15) is 9.90 Å². The molecule has 1 aromatic heterocycles. The van der Waals surface area contributed by atoms with E-state index in [1.165, 1.54) is 24.2 Å². The summed E-state index contributed by atoms with van der Waals surface area (Å²) in [6.07, 6.45) is 2.39. The van der Waals surface area contributed by atoms with E-state index in [1.54, 1.807) is 13.1 Å². The summed E-state index contributed by atoms with van der Waals surface area (Å²) >= 11 is 1.44. The zero-order chi connectivity index (χ0) is 10.1. The van der Waals surface area contributed by atoms with Gasteiger partial charge >= 0.3 is 0 Å². The Morgan fingerprint density at radius 3 is 3.00 bits per heavy atom. The van der Waals surface area contributed by atoms with Gasteiger partial charge in [0.15, 0.2) is 5.78 Å². The quantitative estimate of drug-likeness (QED) is 0.746. The summed E-state index contributed by atoms with van der Waals surface area (Å²) in [5.74, 6) is 0.723. The molecule has 14 heavy (non-hydrogen) atoms. The molecule has 1 aromatic rings. The van der Waals surface area contributed by atoms with Gasteiger partial charge in [-0.3, -0.25) is 4.79 Å². The highest BCUT2D eigenvalue weighted by atomic mass is 32.1. The monoisotopic (exact) mass is 211 g/mol. The van der Waals surface area contributed by atoms with Gasteiger partial charge < -0.3 is 10.4 Å². The summed E-state index contributed by atoms with van der Waals surface area (Å²) < 4.78 is 0. The fourth-order valence-corrected chi connectivity index (χ4v) is 2.57. The maximum atomic E-state index is 11.5. The third-order valence-corrected chi connectivity index (χ3v) is 3.63. The summed E-state index contributed by atoms with van der Waals surface area (Å²) in [6.45, 7) is 0.290. The first-order valence-electron chi connectivity index (χ1n) is 4.73. The molecule has 0 aromatic carbocycles. The minimum atomic E-state index is -0.0260. The fraction of sp³-hybridized carbons (Fsp3) is 0.500. The first-order valence-corrected chi connectivity index (χ1v) is 5.54. The van der Waals surface area contributed by atoms with Gasteiger partial charge in [-0.2, -0.15) is 0 Å². The molecular weight excluding hydrogens is 198 g/mol. The Morgan fingerprint density at radius 1 is 1.71 bits per heavy atom. The number of aromatic hydroxyl groups is 1. The predicted octanol–water partition coefficient (Wildman–Crippen LogP) is 1.73. The van der Waals surface area contributed by atoms with Gasteiger partial charge in [0.25, 0.3) is 0 Å². The van der Waals surface area contributed by atoms with E-state index in [4.69, 9.17) is 0 Å². The first kappa shape index (κ1) is 9.68. The zero-order valence-corrected chi connectivity index (χ0v) is 8.86. The van der Waals surface area contributed by atoms with Gasteiger partial charge in [0.1, 0.15) is 10.6 Å². The lowest BCUT2D eigenvalue weighted by Gasteiger charge is -1.95. The minimum Gasteiger partial charge on any atom is -0.506 e. The van der Waals surface area contributed by atoms with Crippen LogP contribution in [-0.2, 0) is 0 Å². The number of nitrogens with one attached hydrogen (secondary N) is 1. The van der Waals surface area contributed by atoms with Crippen LogP contribution in [0.4, 0.5) is 0 Å². The second kappa shape index (κ2) is 3.71. The number of thiophene rings is 1. The molecule has 1 aliphatic rings. The summed E-state index contributed by atoms with van der Waals surface area (Å²) in [4.78, 5) is 13.2. The third-order valence-electron chi connectivity index (χ3n) is 2.30. The van der Waals surface area contributed by atoms with Crippen molar-refractivity contribution < 1.29 is 9.90 Å². The van der Waals surface area contributed by atoms with Crippen molar-refractivity contribution in [1.29, 1.82) is 0 Å². The van der Waals surface area contributed by atoms with Gasteiger partial charge in [0.2, 0.25) is 0 Å². The number of Topliss-reactive ketones (excluding diaryl/α,β-unsaturated/α-hetero) is 1. The van der Waals surface area contributed by atoms with Crippen molar-refractivity contribution in [3.8, 4) is 5.75 Å². The molecule has 1 fully saturated rings. The Morgan fingerprint density at radius 2 is 2.43 bits per heavy atom. The van der Waals surface area contributed by atoms with Crippen LogP contribution in [-0.4, -0.2) is 24.5 Å². The van der Waals surface area contributed by atoms with Crippen molar-refractivity contribution in [2.45, 2.75) is 18.8 Å². The van der Waals surface area contributed by atoms with Crippen molar-refractivity contribution in [1.82, 2.24) is 5.32 Å². The normalized spacial score (nSPS) is 15.8. The van der Waals surface area contributed by atoms with E-state index in [0.29, 0.717) is 10.8 Å². The Hall–Kier alpha value is -0.870. The average molecular weight is 211 g/mol. The van der Waals surface area contributed by atoms with Crippen LogP contribution in [0.3, 0.4) is 0 Å². The molecule has 0 unspecified atom stereocenters. The highest BCUT2D eigenvalue weighted by Gasteiger charge is 2.27. The van der Waals surface area contributed by atoms with Gasteiger partial charge in [-0.05, 0) is 31.9 Å². The second-order valence-electron chi connectivity index (χ2n) is 3.59. The molecule has 0 atom stereocenters. The molecule has 1 aliphatic carbocycles. The van der Waals surface area contributed by atoms with E-state index in [0.717, 1.165) is 4.88 Å². The lowest BCUT2D eigenvalue weighted by Crippen LogP contribution is -2.17. The number of carbonyl (C=O) groups excluding carboxylic acids is 1. The first-order chi connectivity index (χ1) is 6.72. The number of carbonyl (C=O) groups is 1. The molecule has 0 bridgehead atoms. The second-order valence-corrected chi connectivity index (χ2v) is 4.67. The van der Waals surface area contributed by atoms with Crippen LogP contribution >= 0.6 is 11.3 Å². The van der Waals surface area contributed by atoms with E-state index in [2.05, 4.69) is 5.32 Å². The Labute approximate surface area is 86.8 Å². The number of likely N-dealkylation sites (N-methyl/N-ethyl adjacent to an activating group) is 1. The van der Waals surface area contributed by atoms with E-state index in [1.807, 2.05) is 0 Å². The van der Waals surface area contributed by atoms with Crippen molar-refractivity contribution in [2.24, 2.45) is 0 Å². The highest BCUT2D eigenvalue weighted by Crippen LogP contribution is 2.45. The number of hydrogen-bond acceptors (Lipinski definition) is 4. The van der Waals surface area contributed by atoms with E-state index < -0.39 is 0 Å². The van der Waals surface area contributed by atoms with E-state index in [-0.39, 0.29) is 18.1 Å². The summed E-state index contributed by atoms with van der Waals surface area (Å²) in [5.41, 5.74) is 0. The molecule has 76 valence electrons. The van der Waals surface area contributed by atoms with Gasteiger partial charge in [0.05, 0.1) is 6.54 Å². The molecule has 4 heteroatoms. The van der Waals surface area contributed by atoms with E-state index >= 15 is 0 Å². The Balaban J connectivity index is 2.19. The van der Waals surface area contributed by atoms with Crippen LogP contribution in [0.25, 0.3) is 0 Å². The van der Waals surface area contributed by atoms with Gasteiger partial charge in [0, 0.05) is 4.88 Å². The highest BCUT2D eigenvalue weighted by molar-refractivity contribution is 7.14. The van der Waals surface area contributed by atoms with Gasteiger partial charge in [-0.1, -0.05) is 0 Å². The Kier molecular flexibility index (Phi) is 2.56. The molecular formula is C10H13NO2S. The molecule has 2 N–H and O–H groups in total. The third kappa shape index (κ3) is 1.81. The summed E-state index contributed by atoms with van der Waals surface area (Å²) in [7, 11) is 1.73. The van der Waals surface area contributed by atoms with Crippen molar-refractivity contribution in [2.75, 3.05) is 13.6 Å².